The van der Waals surface area contributed by atoms with E-state index >= 15 is 0 Å². The second-order valence-corrected chi connectivity index (χ2v) is 4.61. The lowest BCUT2D eigenvalue weighted by molar-refractivity contribution is -0.0567. The molecule has 1 aromatic rings. The predicted octanol–water partition coefficient (Wildman–Crippen LogP) is -0.194. The van der Waals surface area contributed by atoms with Crippen molar-refractivity contribution < 1.29 is 20.1 Å². The van der Waals surface area contributed by atoms with Gasteiger partial charge in [-0.15, -0.1) is 0 Å². The fraction of sp³-hybridized carbons (Fsp3) is 0.429. The van der Waals surface area contributed by atoms with Crippen molar-refractivity contribution in [1.82, 2.24) is 5.32 Å². The summed E-state index contributed by atoms with van der Waals surface area (Å²) in [7, 11) is 1.61. The Labute approximate surface area is 112 Å². The second-order valence-electron chi connectivity index (χ2n) is 4.61. The van der Waals surface area contributed by atoms with Crippen molar-refractivity contribution in [2.45, 2.75) is 30.9 Å². The Kier molecular flexibility index (Phi) is 4.55. The molecule has 104 valence electrons. The van der Waals surface area contributed by atoms with Crippen molar-refractivity contribution in [2.24, 2.45) is 0 Å². The summed E-state index contributed by atoms with van der Waals surface area (Å²) in [5.41, 5.74) is 1.01. The first-order valence-electron chi connectivity index (χ1n) is 6.20. The zero-order valence-corrected chi connectivity index (χ0v) is 10.7. The van der Waals surface area contributed by atoms with Gasteiger partial charge in [-0.05, 0) is 17.7 Å². The van der Waals surface area contributed by atoms with Crippen LogP contribution in [-0.2, 0) is 6.54 Å². The first kappa shape index (κ1) is 14.0. The molecule has 5 heteroatoms. The van der Waals surface area contributed by atoms with Crippen LogP contribution >= 0.6 is 0 Å². The standard InChI is InChI=1S/C14H19NO4/c1-19-10-4-2-3-9(7-10)8-15-11-5-6-12(16)14(18)13(11)17/h2-7,11-18H,8H2,1H3/t11-,12-,13+,14+/m1/s1. The topological polar surface area (TPSA) is 82.0 Å². The molecular weight excluding hydrogens is 246 g/mol. The van der Waals surface area contributed by atoms with E-state index in [0.717, 1.165) is 11.3 Å². The highest BCUT2D eigenvalue weighted by molar-refractivity contribution is 5.28. The van der Waals surface area contributed by atoms with Crippen molar-refractivity contribution in [3.63, 3.8) is 0 Å². The van der Waals surface area contributed by atoms with Crippen molar-refractivity contribution >= 4 is 0 Å². The minimum absolute atomic E-state index is 0.385. The molecule has 1 aliphatic carbocycles. The van der Waals surface area contributed by atoms with Crippen LogP contribution in [-0.4, -0.2) is 46.8 Å². The zero-order chi connectivity index (χ0) is 13.8. The third-order valence-electron chi connectivity index (χ3n) is 3.26. The number of ether oxygens (including phenoxy) is 1. The largest absolute Gasteiger partial charge is 0.497 e. The molecule has 4 N–H and O–H groups in total. The minimum Gasteiger partial charge on any atom is -0.497 e. The summed E-state index contributed by atoms with van der Waals surface area (Å²) in [4.78, 5) is 0. The Bertz CT molecular complexity index is 449. The lowest BCUT2D eigenvalue weighted by Crippen LogP contribution is -2.51. The molecule has 5 nitrogen and oxygen atoms in total. The van der Waals surface area contributed by atoms with E-state index in [0.29, 0.717) is 6.54 Å². The van der Waals surface area contributed by atoms with Crippen LogP contribution in [0.15, 0.2) is 36.4 Å². The molecule has 0 radical (unpaired) electrons. The van der Waals surface area contributed by atoms with Crippen molar-refractivity contribution in [3.05, 3.63) is 42.0 Å². The number of aliphatic hydroxyl groups excluding tert-OH is 3. The van der Waals surface area contributed by atoms with Crippen molar-refractivity contribution in [3.8, 4) is 5.75 Å². The van der Waals surface area contributed by atoms with Gasteiger partial charge in [0, 0.05) is 6.54 Å². The maximum Gasteiger partial charge on any atom is 0.119 e. The lowest BCUT2D eigenvalue weighted by atomic mass is 9.94. The van der Waals surface area contributed by atoms with Crippen LogP contribution in [0.2, 0.25) is 0 Å². The van der Waals surface area contributed by atoms with Crippen LogP contribution in [0.1, 0.15) is 5.56 Å². The van der Waals surface area contributed by atoms with Crippen LogP contribution in [0.5, 0.6) is 5.75 Å². The average molecular weight is 265 g/mol. The molecule has 0 aromatic heterocycles. The molecule has 4 atom stereocenters. The third-order valence-corrected chi connectivity index (χ3v) is 3.26. The minimum atomic E-state index is -1.16. The quantitative estimate of drug-likeness (QED) is 0.567. The van der Waals surface area contributed by atoms with E-state index in [4.69, 9.17) is 4.74 Å². The van der Waals surface area contributed by atoms with Gasteiger partial charge >= 0.3 is 0 Å². The SMILES string of the molecule is COc1cccc(CN[C@@H]2C=C[C@@H](O)[C@H](O)[C@H]2O)c1. The molecular formula is C14H19NO4. The molecule has 2 rings (SSSR count). The lowest BCUT2D eigenvalue weighted by Gasteiger charge is -2.31. The smallest absolute Gasteiger partial charge is 0.119 e. The van der Waals surface area contributed by atoms with E-state index in [1.807, 2.05) is 24.3 Å². The van der Waals surface area contributed by atoms with E-state index in [2.05, 4.69) is 5.32 Å². The van der Waals surface area contributed by atoms with Gasteiger partial charge in [0.25, 0.3) is 0 Å². The van der Waals surface area contributed by atoms with Gasteiger partial charge in [0.2, 0.25) is 0 Å². The van der Waals surface area contributed by atoms with Gasteiger partial charge in [-0.2, -0.15) is 0 Å². The summed E-state index contributed by atoms with van der Waals surface area (Å²) >= 11 is 0. The molecule has 1 aliphatic rings. The highest BCUT2D eigenvalue weighted by atomic mass is 16.5. The van der Waals surface area contributed by atoms with Gasteiger partial charge in [-0.1, -0.05) is 24.3 Å². The van der Waals surface area contributed by atoms with Gasteiger partial charge < -0.3 is 25.4 Å². The molecule has 0 amide bonds. The summed E-state index contributed by atoms with van der Waals surface area (Å²) < 4.78 is 5.13. The molecule has 19 heavy (non-hydrogen) atoms. The number of aliphatic hydroxyl groups is 3. The maximum absolute atomic E-state index is 9.84. The van der Waals surface area contributed by atoms with E-state index in [9.17, 15) is 15.3 Å². The van der Waals surface area contributed by atoms with E-state index < -0.39 is 18.3 Å². The fourth-order valence-corrected chi connectivity index (χ4v) is 2.08. The van der Waals surface area contributed by atoms with E-state index in [1.54, 1.807) is 13.2 Å². The van der Waals surface area contributed by atoms with Crippen molar-refractivity contribution in [1.29, 1.82) is 0 Å². The van der Waals surface area contributed by atoms with Crippen LogP contribution in [0.4, 0.5) is 0 Å². The van der Waals surface area contributed by atoms with Crippen molar-refractivity contribution in [2.75, 3.05) is 7.11 Å². The normalized spacial score (nSPS) is 30.3. The van der Waals surface area contributed by atoms with Crippen LogP contribution < -0.4 is 10.1 Å². The summed E-state index contributed by atoms with van der Waals surface area (Å²) in [6.07, 6.45) is -0.0358. The van der Waals surface area contributed by atoms with E-state index in [1.165, 1.54) is 6.08 Å². The number of nitrogens with one attached hydrogen (secondary N) is 1. The Balaban J connectivity index is 1.96. The first-order chi connectivity index (χ1) is 9.11. The highest BCUT2D eigenvalue weighted by Gasteiger charge is 2.32. The second kappa shape index (κ2) is 6.16. The number of rotatable bonds is 4. The fourth-order valence-electron chi connectivity index (χ4n) is 2.08. The maximum atomic E-state index is 9.84. The Hall–Kier alpha value is -1.40. The molecule has 0 unspecified atom stereocenters. The number of methoxy groups -OCH3 is 1. The summed E-state index contributed by atoms with van der Waals surface area (Å²) in [6.45, 7) is 0.534. The first-order valence-corrected chi connectivity index (χ1v) is 6.20. The number of benzene rings is 1. The van der Waals surface area contributed by atoms with Gasteiger partial charge in [-0.3, -0.25) is 0 Å². The Morgan fingerprint density at radius 2 is 1.95 bits per heavy atom. The van der Waals surface area contributed by atoms with Gasteiger partial charge in [0.15, 0.2) is 0 Å². The highest BCUT2D eigenvalue weighted by Crippen LogP contribution is 2.16. The van der Waals surface area contributed by atoms with Crippen LogP contribution in [0, 0.1) is 0 Å². The molecule has 0 bridgehead atoms. The molecule has 0 saturated heterocycles. The summed E-state index contributed by atoms with van der Waals surface area (Å²) in [5, 5.41) is 31.9. The zero-order valence-electron chi connectivity index (χ0n) is 10.7. The van der Waals surface area contributed by atoms with E-state index in [-0.39, 0.29) is 6.04 Å². The Morgan fingerprint density at radius 1 is 1.16 bits per heavy atom. The van der Waals surface area contributed by atoms with Gasteiger partial charge in [0.1, 0.15) is 24.1 Å². The molecule has 0 heterocycles. The Morgan fingerprint density at radius 3 is 2.68 bits per heavy atom. The molecule has 0 saturated carbocycles. The third kappa shape index (κ3) is 3.33. The van der Waals surface area contributed by atoms with Gasteiger partial charge in [0.05, 0.1) is 13.2 Å². The summed E-state index contributed by atoms with van der Waals surface area (Å²) in [5.74, 6) is 0.773. The number of hydrogen-bond acceptors (Lipinski definition) is 5. The molecule has 1 aromatic carbocycles. The van der Waals surface area contributed by atoms with Gasteiger partial charge in [-0.25, -0.2) is 0 Å². The number of hydrogen-bond donors (Lipinski definition) is 4. The predicted molar refractivity (Wildman–Crippen MR) is 70.8 cm³/mol. The monoisotopic (exact) mass is 265 g/mol. The van der Waals surface area contributed by atoms with Crippen LogP contribution in [0.25, 0.3) is 0 Å². The molecule has 0 fully saturated rings. The van der Waals surface area contributed by atoms with Crippen LogP contribution in [0.3, 0.4) is 0 Å². The molecule has 0 aliphatic heterocycles. The molecule has 0 spiro atoms. The average Bonchev–Trinajstić information content (AvgIpc) is 2.44. The summed E-state index contributed by atoms with van der Waals surface area (Å²) in [6, 6.07) is 7.21.